The van der Waals surface area contributed by atoms with E-state index in [2.05, 4.69) is 5.32 Å². The summed E-state index contributed by atoms with van der Waals surface area (Å²) in [6.07, 6.45) is 2.29. The number of hydrogen-bond acceptors (Lipinski definition) is 5. The molecule has 31 heavy (non-hydrogen) atoms. The summed E-state index contributed by atoms with van der Waals surface area (Å²) in [4.78, 5) is 31.6. The summed E-state index contributed by atoms with van der Waals surface area (Å²) in [5.74, 6) is -0.0325. The number of carbonyl (C=O) groups is 2. The molecular weight excluding hydrogens is 410 g/mol. The molecule has 2 aromatic carbocycles. The molecule has 158 valence electrons. The van der Waals surface area contributed by atoms with Gasteiger partial charge in [0.25, 0.3) is 5.91 Å². The third-order valence-corrected chi connectivity index (χ3v) is 5.97. The first-order valence-electron chi connectivity index (χ1n) is 10.1. The van der Waals surface area contributed by atoms with Crippen LogP contribution in [0.2, 0.25) is 0 Å². The van der Waals surface area contributed by atoms with Gasteiger partial charge in [0.2, 0.25) is 5.91 Å². The van der Waals surface area contributed by atoms with Crippen molar-refractivity contribution in [2.45, 2.75) is 26.3 Å². The zero-order chi connectivity index (χ0) is 21.6. The van der Waals surface area contributed by atoms with E-state index in [9.17, 15) is 9.59 Å². The summed E-state index contributed by atoms with van der Waals surface area (Å²) in [7, 11) is 0. The Morgan fingerprint density at radius 2 is 1.90 bits per heavy atom. The lowest BCUT2D eigenvalue weighted by atomic mass is 10.2. The molecule has 0 saturated carbocycles. The summed E-state index contributed by atoms with van der Waals surface area (Å²) < 4.78 is 6.14. The van der Waals surface area contributed by atoms with Gasteiger partial charge in [-0.25, -0.2) is 4.98 Å². The van der Waals surface area contributed by atoms with Crippen molar-refractivity contribution >= 4 is 38.5 Å². The van der Waals surface area contributed by atoms with Crippen LogP contribution >= 0.6 is 11.3 Å². The van der Waals surface area contributed by atoms with Crippen molar-refractivity contribution in [2.24, 2.45) is 0 Å². The number of carbonyl (C=O) groups excluding carboxylic acids is 2. The van der Waals surface area contributed by atoms with E-state index in [-0.39, 0.29) is 17.6 Å². The Morgan fingerprint density at radius 1 is 1.06 bits per heavy atom. The average Bonchev–Trinajstić information content (AvgIpc) is 3.46. The summed E-state index contributed by atoms with van der Waals surface area (Å²) in [5, 5.41) is 3.47. The third-order valence-electron chi connectivity index (χ3n) is 4.92. The van der Waals surface area contributed by atoms with E-state index in [1.807, 2.05) is 55.5 Å². The summed E-state index contributed by atoms with van der Waals surface area (Å²) >= 11 is 1.52. The van der Waals surface area contributed by atoms with Gasteiger partial charge in [0.1, 0.15) is 0 Å². The molecule has 0 spiro atoms. The predicted molar refractivity (Wildman–Crippen MR) is 122 cm³/mol. The Labute approximate surface area is 184 Å². The molecule has 0 fully saturated rings. The summed E-state index contributed by atoms with van der Waals surface area (Å²) in [6.45, 7) is 2.87. The van der Waals surface area contributed by atoms with Crippen LogP contribution in [0.15, 0.2) is 71.3 Å². The third kappa shape index (κ3) is 5.00. The van der Waals surface area contributed by atoms with Crippen molar-refractivity contribution in [3.63, 3.8) is 0 Å². The quantitative estimate of drug-likeness (QED) is 0.399. The number of amides is 2. The number of hydrogen-bond donors (Lipinski definition) is 1. The van der Waals surface area contributed by atoms with Crippen LogP contribution in [0.3, 0.4) is 0 Å². The molecule has 0 unspecified atom stereocenters. The molecule has 4 rings (SSSR count). The zero-order valence-corrected chi connectivity index (χ0v) is 18.0. The Hall–Kier alpha value is -3.45. The van der Waals surface area contributed by atoms with Crippen LogP contribution in [0.4, 0.5) is 5.13 Å². The second kappa shape index (κ2) is 9.57. The van der Waals surface area contributed by atoms with Crippen LogP contribution in [-0.4, -0.2) is 23.3 Å². The lowest BCUT2D eigenvalue weighted by Gasteiger charge is -2.20. The minimum absolute atomic E-state index is 0.0205. The largest absolute Gasteiger partial charge is 0.459 e. The number of thiazole rings is 1. The van der Waals surface area contributed by atoms with Crippen molar-refractivity contribution in [3.05, 3.63) is 83.8 Å². The van der Waals surface area contributed by atoms with Crippen LogP contribution in [0, 0.1) is 6.92 Å². The van der Waals surface area contributed by atoms with E-state index in [4.69, 9.17) is 9.40 Å². The topological polar surface area (TPSA) is 75.4 Å². The second-order valence-electron chi connectivity index (χ2n) is 7.22. The molecule has 2 heterocycles. The van der Waals surface area contributed by atoms with Crippen LogP contribution in [0.25, 0.3) is 10.2 Å². The van der Waals surface area contributed by atoms with E-state index >= 15 is 0 Å². The minimum Gasteiger partial charge on any atom is -0.459 e. The zero-order valence-electron chi connectivity index (χ0n) is 17.2. The maximum atomic E-state index is 13.1. The van der Waals surface area contributed by atoms with Crippen molar-refractivity contribution in [2.75, 3.05) is 11.4 Å². The SMILES string of the molecule is Cc1cccc2sc(N(Cc3ccccc3)C(=O)CCCNC(=O)c3ccco3)nc12. The highest BCUT2D eigenvalue weighted by molar-refractivity contribution is 7.22. The van der Waals surface area contributed by atoms with Crippen molar-refractivity contribution in [1.29, 1.82) is 0 Å². The van der Waals surface area contributed by atoms with Crippen LogP contribution in [0.1, 0.15) is 34.5 Å². The Bertz CT molecular complexity index is 1170. The second-order valence-corrected chi connectivity index (χ2v) is 8.23. The number of nitrogens with one attached hydrogen (secondary N) is 1. The fourth-order valence-electron chi connectivity index (χ4n) is 3.29. The van der Waals surface area contributed by atoms with Crippen LogP contribution in [-0.2, 0) is 11.3 Å². The molecule has 0 atom stereocenters. The molecule has 1 N–H and O–H groups in total. The summed E-state index contributed by atoms with van der Waals surface area (Å²) in [6, 6.07) is 19.2. The maximum absolute atomic E-state index is 13.1. The van der Waals surface area contributed by atoms with Gasteiger partial charge < -0.3 is 9.73 Å². The number of aryl methyl sites for hydroxylation is 1. The first-order valence-corrected chi connectivity index (χ1v) is 11.0. The highest BCUT2D eigenvalue weighted by Crippen LogP contribution is 2.31. The van der Waals surface area contributed by atoms with E-state index in [0.717, 1.165) is 21.3 Å². The maximum Gasteiger partial charge on any atom is 0.286 e. The molecule has 2 aromatic heterocycles. The highest BCUT2D eigenvalue weighted by atomic mass is 32.1. The van der Waals surface area contributed by atoms with Gasteiger partial charge in [-0.05, 0) is 42.7 Å². The van der Waals surface area contributed by atoms with E-state index < -0.39 is 0 Å². The Morgan fingerprint density at radius 3 is 2.65 bits per heavy atom. The van der Waals surface area contributed by atoms with E-state index in [1.54, 1.807) is 17.0 Å². The number of para-hydroxylation sites is 1. The highest BCUT2D eigenvalue weighted by Gasteiger charge is 2.20. The van der Waals surface area contributed by atoms with Gasteiger partial charge in [0, 0.05) is 13.0 Å². The molecule has 0 aliphatic heterocycles. The molecule has 0 aliphatic rings. The fraction of sp³-hybridized carbons (Fsp3) is 0.208. The van der Waals surface area contributed by atoms with Crippen molar-refractivity contribution in [1.82, 2.24) is 10.3 Å². The average molecular weight is 434 g/mol. The van der Waals surface area contributed by atoms with Gasteiger partial charge in [0.05, 0.1) is 23.0 Å². The summed E-state index contributed by atoms with van der Waals surface area (Å²) in [5.41, 5.74) is 3.06. The smallest absolute Gasteiger partial charge is 0.286 e. The number of benzene rings is 2. The van der Waals surface area contributed by atoms with Crippen LogP contribution < -0.4 is 10.2 Å². The first kappa shape index (κ1) is 20.8. The monoisotopic (exact) mass is 433 g/mol. The molecule has 6 nitrogen and oxygen atoms in total. The molecule has 0 bridgehead atoms. The molecular formula is C24H23N3O3S. The minimum atomic E-state index is -0.278. The first-order chi connectivity index (χ1) is 15.1. The molecule has 0 radical (unpaired) electrons. The number of anilines is 1. The number of fused-ring (bicyclic) bond motifs is 1. The normalized spacial score (nSPS) is 10.9. The van der Waals surface area contributed by atoms with Crippen molar-refractivity contribution in [3.8, 4) is 0 Å². The number of furan rings is 1. The van der Waals surface area contributed by atoms with Gasteiger partial charge in [0.15, 0.2) is 10.9 Å². The Balaban J connectivity index is 1.46. The predicted octanol–water partition coefficient (Wildman–Crippen LogP) is 4.94. The van der Waals surface area contributed by atoms with Crippen LogP contribution in [0.5, 0.6) is 0 Å². The van der Waals surface area contributed by atoms with E-state index in [0.29, 0.717) is 31.1 Å². The number of rotatable bonds is 8. The molecule has 4 aromatic rings. The standard InChI is InChI=1S/C24H23N3O3S/c1-17-8-5-12-20-22(17)26-24(31-20)27(16-18-9-3-2-4-10-18)21(28)13-6-14-25-23(29)19-11-7-15-30-19/h2-5,7-12,15H,6,13-14,16H2,1H3,(H,25,29). The van der Waals surface area contributed by atoms with Gasteiger partial charge >= 0.3 is 0 Å². The van der Waals surface area contributed by atoms with Gasteiger partial charge in [-0.1, -0.05) is 53.8 Å². The fourth-order valence-corrected chi connectivity index (χ4v) is 4.35. The molecule has 7 heteroatoms. The van der Waals surface area contributed by atoms with Gasteiger partial charge in [-0.3, -0.25) is 14.5 Å². The van der Waals surface area contributed by atoms with Crippen molar-refractivity contribution < 1.29 is 14.0 Å². The van der Waals surface area contributed by atoms with Gasteiger partial charge in [-0.15, -0.1) is 0 Å². The Kier molecular flexibility index (Phi) is 6.43. The lowest BCUT2D eigenvalue weighted by molar-refractivity contribution is -0.118. The molecule has 0 saturated heterocycles. The van der Waals surface area contributed by atoms with E-state index in [1.165, 1.54) is 17.6 Å². The number of aromatic nitrogens is 1. The van der Waals surface area contributed by atoms with Gasteiger partial charge in [-0.2, -0.15) is 0 Å². The molecule has 0 aliphatic carbocycles. The number of nitrogens with zero attached hydrogens (tertiary/aromatic N) is 2. The molecule has 2 amide bonds. The lowest BCUT2D eigenvalue weighted by Crippen LogP contribution is -2.31.